The monoisotopic (exact) mass is 355 g/mol. The van der Waals surface area contributed by atoms with Crippen LogP contribution in [0.3, 0.4) is 0 Å². The van der Waals surface area contributed by atoms with Crippen molar-refractivity contribution in [1.29, 1.82) is 0 Å². The molecule has 0 unspecified atom stereocenters. The van der Waals surface area contributed by atoms with Crippen molar-refractivity contribution in [3.63, 3.8) is 0 Å². The second-order valence-corrected chi connectivity index (χ2v) is 6.86. The van der Waals surface area contributed by atoms with Gasteiger partial charge in [0, 0.05) is 43.1 Å². The Kier molecular flexibility index (Phi) is 4.32. The molecule has 0 radical (unpaired) electrons. The average Bonchev–Trinajstić information content (AvgIpc) is 3.34. The Bertz CT molecular complexity index is 778. The number of rotatable bonds is 4. The predicted octanol–water partition coefficient (Wildman–Crippen LogP) is 2.22. The third-order valence-electron chi connectivity index (χ3n) is 5.11. The number of carbonyl (C=O) groups excluding carboxylic acids is 1. The lowest BCUT2D eigenvalue weighted by molar-refractivity contribution is 0.0551. The first-order chi connectivity index (χ1) is 12.6. The first-order valence-corrected chi connectivity index (χ1v) is 8.89. The van der Waals surface area contributed by atoms with Gasteiger partial charge in [0.25, 0.3) is 5.91 Å². The maximum atomic E-state index is 13.1. The molecule has 26 heavy (non-hydrogen) atoms. The lowest BCUT2D eigenvalue weighted by atomic mass is 10.0. The van der Waals surface area contributed by atoms with E-state index in [9.17, 15) is 9.59 Å². The Morgan fingerprint density at radius 3 is 2.38 bits per heavy atom. The summed E-state index contributed by atoms with van der Waals surface area (Å²) >= 11 is 0. The minimum Gasteiger partial charge on any atom is -0.465 e. The maximum Gasteiger partial charge on any atom is 0.407 e. The van der Waals surface area contributed by atoms with Crippen molar-refractivity contribution in [1.82, 2.24) is 25.0 Å². The van der Waals surface area contributed by atoms with E-state index in [1.807, 2.05) is 11.0 Å². The molecule has 8 nitrogen and oxygen atoms in total. The number of pyridine rings is 1. The van der Waals surface area contributed by atoms with Gasteiger partial charge in [-0.3, -0.25) is 14.9 Å². The topological polar surface area (TPSA) is 102 Å². The fourth-order valence-electron chi connectivity index (χ4n) is 3.55. The van der Waals surface area contributed by atoms with Crippen molar-refractivity contribution in [2.45, 2.75) is 37.8 Å². The summed E-state index contributed by atoms with van der Waals surface area (Å²) in [7, 11) is 0. The van der Waals surface area contributed by atoms with E-state index in [-0.39, 0.29) is 18.0 Å². The van der Waals surface area contributed by atoms with Crippen LogP contribution in [-0.4, -0.2) is 67.3 Å². The zero-order valence-corrected chi connectivity index (χ0v) is 14.3. The van der Waals surface area contributed by atoms with Crippen LogP contribution in [0.2, 0.25) is 0 Å². The predicted molar refractivity (Wildman–Crippen MR) is 93.6 cm³/mol. The molecule has 0 spiro atoms. The molecule has 3 heterocycles. The van der Waals surface area contributed by atoms with Crippen LogP contribution in [0.25, 0.3) is 11.3 Å². The highest BCUT2D eigenvalue weighted by Crippen LogP contribution is 2.33. The highest BCUT2D eigenvalue weighted by molar-refractivity contribution is 5.94. The molecule has 4 rings (SSSR count). The summed E-state index contributed by atoms with van der Waals surface area (Å²) < 4.78 is 0. The van der Waals surface area contributed by atoms with Gasteiger partial charge in [0.15, 0.2) is 0 Å². The number of carbonyl (C=O) groups is 2. The molecule has 2 amide bonds. The van der Waals surface area contributed by atoms with E-state index in [1.165, 1.54) is 4.90 Å². The van der Waals surface area contributed by atoms with Crippen molar-refractivity contribution in [2.24, 2.45) is 0 Å². The van der Waals surface area contributed by atoms with E-state index in [0.717, 1.165) is 24.1 Å². The summed E-state index contributed by atoms with van der Waals surface area (Å²) in [6, 6.07) is 4.01. The highest BCUT2D eigenvalue weighted by atomic mass is 16.4. The standard InChI is InChI=1S/C18H21N5O3/c24-17(12-1-4-16(19-9-12)13-10-20-21-11-13)23(14-2-3-14)15-5-7-22(8-6-15)18(25)26/h1,4,9-11,14-15H,2-3,5-8H2,(H,20,21)(H,25,26). The van der Waals surface area contributed by atoms with Gasteiger partial charge in [-0.05, 0) is 37.8 Å². The number of H-pyrrole nitrogens is 1. The zero-order chi connectivity index (χ0) is 18.1. The number of piperidine rings is 1. The van der Waals surface area contributed by atoms with E-state index >= 15 is 0 Å². The minimum atomic E-state index is -0.883. The number of nitrogens with zero attached hydrogens (tertiary/aromatic N) is 4. The molecule has 136 valence electrons. The van der Waals surface area contributed by atoms with Crippen LogP contribution in [0, 0.1) is 0 Å². The smallest absolute Gasteiger partial charge is 0.407 e. The number of amides is 2. The molecular formula is C18H21N5O3. The summed E-state index contributed by atoms with van der Waals surface area (Å²) in [4.78, 5) is 31.9. The van der Waals surface area contributed by atoms with Crippen molar-refractivity contribution >= 4 is 12.0 Å². The molecule has 2 aromatic heterocycles. The molecule has 0 atom stereocenters. The van der Waals surface area contributed by atoms with Crippen LogP contribution in [0.15, 0.2) is 30.7 Å². The molecule has 0 aromatic carbocycles. The number of nitrogens with one attached hydrogen (secondary N) is 1. The minimum absolute atomic E-state index is 0.00693. The average molecular weight is 355 g/mol. The Morgan fingerprint density at radius 2 is 1.85 bits per heavy atom. The third-order valence-corrected chi connectivity index (χ3v) is 5.11. The van der Waals surface area contributed by atoms with Crippen LogP contribution >= 0.6 is 0 Å². The summed E-state index contributed by atoms with van der Waals surface area (Å²) in [5.41, 5.74) is 2.22. The fraction of sp³-hybridized carbons (Fsp3) is 0.444. The van der Waals surface area contributed by atoms with E-state index in [4.69, 9.17) is 5.11 Å². The second kappa shape index (κ2) is 6.78. The molecule has 1 aliphatic heterocycles. The molecular weight excluding hydrogens is 334 g/mol. The number of aromatic amines is 1. The number of likely N-dealkylation sites (tertiary alicyclic amines) is 1. The van der Waals surface area contributed by atoms with Crippen molar-refractivity contribution < 1.29 is 14.7 Å². The van der Waals surface area contributed by atoms with Gasteiger partial charge in [-0.15, -0.1) is 0 Å². The lowest BCUT2D eigenvalue weighted by Gasteiger charge is -2.38. The zero-order valence-electron chi connectivity index (χ0n) is 14.3. The summed E-state index contributed by atoms with van der Waals surface area (Å²) in [5, 5.41) is 15.8. The summed E-state index contributed by atoms with van der Waals surface area (Å²) in [5.74, 6) is -0.00693. The first kappa shape index (κ1) is 16.6. The molecule has 2 fully saturated rings. The first-order valence-electron chi connectivity index (χ1n) is 8.89. The molecule has 2 N–H and O–H groups in total. The Hall–Kier alpha value is -2.90. The number of hydrogen-bond donors (Lipinski definition) is 2. The van der Waals surface area contributed by atoms with Gasteiger partial charge < -0.3 is 14.9 Å². The van der Waals surface area contributed by atoms with Gasteiger partial charge in [-0.25, -0.2) is 4.79 Å². The van der Waals surface area contributed by atoms with Crippen LogP contribution in [-0.2, 0) is 0 Å². The number of hydrogen-bond acceptors (Lipinski definition) is 4. The second-order valence-electron chi connectivity index (χ2n) is 6.86. The van der Waals surface area contributed by atoms with E-state index in [0.29, 0.717) is 31.5 Å². The van der Waals surface area contributed by atoms with Crippen LogP contribution in [0.1, 0.15) is 36.0 Å². The Morgan fingerprint density at radius 1 is 1.12 bits per heavy atom. The van der Waals surface area contributed by atoms with Gasteiger partial charge >= 0.3 is 6.09 Å². The molecule has 0 bridgehead atoms. The van der Waals surface area contributed by atoms with Gasteiger partial charge in [0.05, 0.1) is 17.5 Å². The molecule has 2 aromatic rings. The van der Waals surface area contributed by atoms with Crippen molar-refractivity contribution in [3.05, 3.63) is 36.3 Å². The fourth-order valence-corrected chi connectivity index (χ4v) is 3.55. The summed E-state index contributed by atoms with van der Waals surface area (Å²) in [6.07, 6.45) is 7.60. The van der Waals surface area contributed by atoms with Crippen LogP contribution in [0.5, 0.6) is 0 Å². The van der Waals surface area contributed by atoms with Crippen LogP contribution in [0.4, 0.5) is 4.79 Å². The van der Waals surface area contributed by atoms with Crippen molar-refractivity contribution in [2.75, 3.05) is 13.1 Å². The number of carboxylic acid groups (broad SMARTS) is 1. The Labute approximate surface area is 150 Å². The molecule has 1 aliphatic carbocycles. The van der Waals surface area contributed by atoms with Gasteiger partial charge in [0.2, 0.25) is 0 Å². The van der Waals surface area contributed by atoms with E-state index in [2.05, 4.69) is 15.2 Å². The number of aromatic nitrogens is 3. The summed E-state index contributed by atoms with van der Waals surface area (Å²) in [6.45, 7) is 0.961. The van der Waals surface area contributed by atoms with Crippen molar-refractivity contribution in [3.8, 4) is 11.3 Å². The quantitative estimate of drug-likeness (QED) is 0.875. The molecule has 2 aliphatic rings. The van der Waals surface area contributed by atoms with Gasteiger partial charge in [0.1, 0.15) is 0 Å². The molecule has 1 saturated carbocycles. The van der Waals surface area contributed by atoms with E-state index < -0.39 is 6.09 Å². The van der Waals surface area contributed by atoms with Crippen LogP contribution < -0.4 is 0 Å². The van der Waals surface area contributed by atoms with Gasteiger partial charge in [-0.1, -0.05) is 0 Å². The highest BCUT2D eigenvalue weighted by Gasteiger charge is 2.39. The Balaban J connectivity index is 1.48. The maximum absolute atomic E-state index is 13.1. The lowest BCUT2D eigenvalue weighted by Crippen LogP contribution is -2.49. The van der Waals surface area contributed by atoms with Gasteiger partial charge in [-0.2, -0.15) is 5.10 Å². The largest absolute Gasteiger partial charge is 0.465 e. The normalized spacial score (nSPS) is 17.9. The third kappa shape index (κ3) is 3.26. The molecule has 8 heteroatoms. The van der Waals surface area contributed by atoms with E-state index in [1.54, 1.807) is 24.7 Å². The SMILES string of the molecule is O=C(O)N1CCC(N(C(=O)c2ccc(-c3cn[nH]c3)nc2)C2CC2)CC1. The molecule has 1 saturated heterocycles.